The molecule has 1 aromatic carbocycles. The third-order valence-electron chi connectivity index (χ3n) is 4.30. The van der Waals surface area contributed by atoms with E-state index in [1.54, 1.807) is 0 Å². The Bertz CT molecular complexity index is 460. The molecule has 2 aliphatic rings. The molecule has 0 radical (unpaired) electrons. The molecule has 3 nitrogen and oxygen atoms in total. The Morgan fingerprint density at radius 3 is 2.74 bits per heavy atom. The number of piperidine rings is 1. The summed E-state index contributed by atoms with van der Waals surface area (Å²) in [5.41, 5.74) is 0.729. The molecule has 19 heavy (non-hydrogen) atoms. The molecule has 0 bridgehead atoms. The van der Waals surface area contributed by atoms with E-state index < -0.39 is 0 Å². The maximum atomic E-state index is 12.2. The summed E-state index contributed by atoms with van der Waals surface area (Å²) in [6, 6.07) is 8.28. The van der Waals surface area contributed by atoms with E-state index in [2.05, 4.69) is 22.8 Å². The molecule has 2 unspecified atom stereocenters. The summed E-state index contributed by atoms with van der Waals surface area (Å²) in [5.74, 6) is 0.0470. The van der Waals surface area contributed by atoms with E-state index >= 15 is 0 Å². The van der Waals surface area contributed by atoms with Crippen LogP contribution in [0.4, 0.5) is 0 Å². The number of hydrogen-bond donors (Lipinski definition) is 2. The molecule has 4 heteroatoms. The predicted molar refractivity (Wildman–Crippen MR) is 78.8 cm³/mol. The van der Waals surface area contributed by atoms with Crippen molar-refractivity contribution >= 4 is 18.5 Å². The van der Waals surface area contributed by atoms with Gasteiger partial charge in [-0.25, -0.2) is 0 Å². The average molecular weight is 276 g/mol. The van der Waals surface area contributed by atoms with Gasteiger partial charge in [-0.3, -0.25) is 9.69 Å². The predicted octanol–water partition coefficient (Wildman–Crippen LogP) is 2.33. The Morgan fingerprint density at radius 1 is 1.16 bits per heavy atom. The molecule has 2 fully saturated rings. The highest BCUT2D eigenvalue weighted by Gasteiger charge is 2.36. The van der Waals surface area contributed by atoms with E-state index in [1.165, 1.54) is 25.8 Å². The Balaban J connectivity index is 1.65. The minimum atomic E-state index is 0.0470. The van der Waals surface area contributed by atoms with Crippen LogP contribution in [0.15, 0.2) is 29.2 Å². The molecule has 0 aliphatic carbocycles. The standard InChI is InChI=1S/C15H20N2OS/c18-15(11-4-6-12(19)7-5-11)16-13-8-10-17-9-2-1-3-14(13)17/h4-7,13-14,19H,1-3,8-10H2,(H,16,18). The second kappa shape index (κ2) is 5.55. The quantitative estimate of drug-likeness (QED) is 0.813. The van der Waals surface area contributed by atoms with Crippen molar-refractivity contribution in [3.8, 4) is 0 Å². The highest BCUT2D eigenvalue weighted by molar-refractivity contribution is 7.80. The van der Waals surface area contributed by atoms with E-state index in [0.29, 0.717) is 12.1 Å². The molecule has 2 heterocycles. The van der Waals surface area contributed by atoms with E-state index in [9.17, 15) is 4.79 Å². The molecule has 0 spiro atoms. The first kappa shape index (κ1) is 13.0. The topological polar surface area (TPSA) is 32.3 Å². The van der Waals surface area contributed by atoms with Gasteiger partial charge in [0.15, 0.2) is 0 Å². The molecule has 1 amide bonds. The number of hydrogen-bond acceptors (Lipinski definition) is 3. The van der Waals surface area contributed by atoms with E-state index in [0.717, 1.165) is 23.4 Å². The molecular formula is C15H20N2OS. The summed E-state index contributed by atoms with van der Waals surface area (Å²) < 4.78 is 0. The molecule has 2 aliphatic heterocycles. The largest absolute Gasteiger partial charge is 0.348 e. The summed E-state index contributed by atoms with van der Waals surface area (Å²) in [6.45, 7) is 2.33. The van der Waals surface area contributed by atoms with Crippen molar-refractivity contribution in [2.45, 2.75) is 42.7 Å². The third kappa shape index (κ3) is 2.79. The fourth-order valence-corrected chi connectivity index (χ4v) is 3.43. The smallest absolute Gasteiger partial charge is 0.251 e. The Labute approximate surface area is 119 Å². The summed E-state index contributed by atoms with van der Waals surface area (Å²) in [4.78, 5) is 15.6. The minimum Gasteiger partial charge on any atom is -0.348 e. The Kier molecular flexibility index (Phi) is 3.80. The number of carbonyl (C=O) groups is 1. The Hall–Kier alpha value is -1.00. The number of amides is 1. The molecular weight excluding hydrogens is 256 g/mol. The zero-order chi connectivity index (χ0) is 13.2. The van der Waals surface area contributed by atoms with Gasteiger partial charge in [-0.15, -0.1) is 12.6 Å². The van der Waals surface area contributed by atoms with Gasteiger partial charge in [0.25, 0.3) is 5.91 Å². The minimum absolute atomic E-state index is 0.0470. The summed E-state index contributed by atoms with van der Waals surface area (Å²) in [5, 5.41) is 3.21. The van der Waals surface area contributed by atoms with Gasteiger partial charge in [0.1, 0.15) is 0 Å². The highest BCUT2D eigenvalue weighted by atomic mass is 32.1. The van der Waals surface area contributed by atoms with Crippen LogP contribution in [0.1, 0.15) is 36.0 Å². The molecule has 2 atom stereocenters. The van der Waals surface area contributed by atoms with Crippen LogP contribution < -0.4 is 5.32 Å². The van der Waals surface area contributed by atoms with Crippen LogP contribution in [0.5, 0.6) is 0 Å². The lowest BCUT2D eigenvalue weighted by molar-refractivity contribution is 0.0915. The van der Waals surface area contributed by atoms with Gasteiger partial charge in [-0.1, -0.05) is 6.42 Å². The van der Waals surface area contributed by atoms with E-state index in [4.69, 9.17) is 0 Å². The fraction of sp³-hybridized carbons (Fsp3) is 0.533. The maximum absolute atomic E-state index is 12.2. The fourth-order valence-electron chi connectivity index (χ4n) is 3.28. The third-order valence-corrected chi connectivity index (χ3v) is 4.60. The lowest BCUT2D eigenvalue weighted by atomic mass is 9.99. The first-order valence-corrected chi connectivity index (χ1v) is 7.53. The number of fused-ring (bicyclic) bond motifs is 1. The molecule has 0 saturated carbocycles. The molecule has 3 rings (SSSR count). The maximum Gasteiger partial charge on any atom is 0.251 e. The van der Waals surface area contributed by atoms with Crippen molar-refractivity contribution in [2.75, 3.05) is 13.1 Å². The van der Waals surface area contributed by atoms with Gasteiger partial charge < -0.3 is 5.32 Å². The van der Waals surface area contributed by atoms with Gasteiger partial charge >= 0.3 is 0 Å². The van der Waals surface area contributed by atoms with Crippen LogP contribution in [-0.2, 0) is 0 Å². The molecule has 2 saturated heterocycles. The number of rotatable bonds is 2. The van der Waals surface area contributed by atoms with Crippen LogP contribution in [-0.4, -0.2) is 36.0 Å². The normalized spacial score (nSPS) is 27.0. The van der Waals surface area contributed by atoms with Crippen LogP contribution in [0, 0.1) is 0 Å². The number of nitrogens with zero attached hydrogens (tertiary/aromatic N) is 1. The summed E-state index contributed by atoms with van der Waals surface area (Å²) in [7, 11) is 0. The zero-order valence-corrected chi connectivity index (χ0v) is 11.9. The molecule has 102 valence electrons. The van der Waals surface area contributed by atoms with Crippen molar-refractivity contribution in [1.29, 1.82) is 0 Å². The number of carbonyl (C=O) groups excluding carboxylic acids is 1. The van der Waals surface area contributed by atoms with Crippen molar-refractivity contribution in [1.82, 2.24) is 10.2 Å². The second-order valence-corrected chi connectivity index (χ2v) is 6.03. The molecule has 1 N–H and O–H groups in total. The van der Waals surface area contributed by atoms with Crippen molar-refractivity contribution in [2.24, 2.45) is 0 Å². The van der Waals surface area contributed by atoms with Crippen molar-refractivity contribution in [3.05, 3.63) is 29.8 Å². The lowest BCUT2D eigenvalue weighted by Crippen LogP contribution is -2.46. The van der Waals surface area contributed by atoms with Crippen molar-refractivity contribution < 1.29 is 4.79 Å². The molecule has 1 aromatic rings. The van der Waals surface area contributed by atoms with Crippen LogP contribution in [0.3, 0.4) is 0 Å². The molecule has 0 aromatic heterocycles. The second-order valence-electron chi connectivity index (χ2n) is 5.51. The van der Waals surface area contributed by atoms with Gasteiger partial charge in [0.2, 0.25) is 0 Å². The van der Waals surface area contributed by atoms with E-state index in [-0.39, 0.29) is 5.91 Å². The number of nitrogens with one attached hydrogen (secondary N) is 1. The van der Waals surface area contributed by atoms with Crippen LogP contribution in [0.2, 0.25) is 0 Å². The van der Waals surface area contributed by atoms with Gasteiger partial charge in [0.05, 0.1) is 0 Å². The number of benzene rings is 1. The van der Waals surface area contributed by atoms with Gasteiger partial charge in [-0.05, 0) is 50.1 Å². The van der Waals surface area contributed by atoms with Crippen molar-refractivity contribution in [3.63, 3.8) is 0 Å². The average Bonchev–Trinajstić information content (AvgIpc) is 2.83. The SMILES string of the molecule is O=C(NC1CCN2CCCCC12)c1ccc(S)cc1. The first-order valence-electron chi connectivity index (χ1n) is 7.08. The first-order chi connectivity index (χ1) is 9.24. The highest BCUT2D eigenvalue weighted by Crippen LogP contribution is 2.27. The summed E-state index contributed by atoms with van der Waals surface area (Å²) >= 11 is 4.24. The lowest BCUT2D eigenvalue weighted by Gasteiger charge is -2.32. The van der Waals surface area contributed by atoms with Gasteiger partial charge in [-0.2, -0.15) is 0 Å². The summed E-state index contributed by atoms with van der Waals surface area (Å²) in [6.07, 6.45) is 4.91. The van der Waals surface area contributed by atoms with E-state index in [1.807, 2.05) is 24.3 Å². The van der Waals surface area contributed by atoms with Gasteiger partial charge in [0, 0.05) is 29.1 Å². The Morgan fingerprint density at radius 2 is 1.95 bits per heavy atom. The van der Waals surface area contributed by atoms with Crippen LogP contribution >= 0.6 is 12.6 Å². The number of thiol groups is 1. The zero-order valence-electron chi connectivity index (χ0n) is 11.0. The van der Waals surface area contributed by atoms with Crippen LogP contribution in [0.25, 0.3) is 0 Å². The monoisotopic (exact) mass is 276 g/mol.